The molecular weight excluding hydrogens is 1710 g/mol. The van der Waals surface area contributed by atoms with Crippen LogP contribution in [0.1, 0.15) is 89.0 Å². The zero-order chi connectivity index (χ0) is 90.7. The first-order valence-corrected chi connectivity index (χ1v) is 48.2. The molecule has 0 saturated heterocycles. The van der Waals surface area contributed by atoms with E-state index in [1.54, 1.807) is 0 Å². The largest absolute Gasteiger partial charge is 0.274 e. The molecule has 28 aromatic rings. The fourth-order valence-electron chi connectivity index (χ4n) is 25.9. The molecule has 0 amide bonds. The lowest BCUT2D eigenvalue weighted by molar-refractivity contribution is 1.16. The highest BCUT2D eigenvalue weighted by Crippen LogP contribution is 2.55. The van der Waals surface area contributed by atoms with E-state index in [2.05, 4.69) is 276 Å². The SMILES string of the molecule is c1ccc2c(c1)Cc1c-2ccc2c1-c1cc3c(cc1C2)c1ccncc1n1c2ncccc2nc31.c1ccc2c(c1)Cc1c-2ccc2c1Cc1cc3c4ccncc4n4c5ncccc5nc4c3cc1-2.c1ccc2c(c1)Cc1cc3c(cc1-2)Cc1cc2c4ccncc4n4c5ncccc5nc4c2cc1-3.c1ccc2c(c1)Cc1ccc3c(c1-2)Cc1cc2c4ccncc4n4c5ncccc5nc4c2cc1-3. The molecule has 16 nitrogen and oxygen atoms in total. The molecule has 0 spiro atoms. The zero-order valence-corrected chi connectivity index (χ0v) is 75.1. The van der Waals surface area contributed by atoms with Crippen molar-refractivity contribution in [3.05, 3.63) is 430 Å². The third-order valence-electron chi connectivity index (χ3n) is 31.8. The van der Waals surface area contributed by atoms with E-state index < -0.39 is 0 Å². The number of imidazole rings is 4. The van der Waals surface area contributed by atoms with Crippen LogP contribution in [0.4, 0.5) is 0 Å². The number of fused-ring (bicyclic) bond motifs is 59. The number of benzene rings is 12. The van der Waals surface area contributed by atoms with Crippen molar-refractivity contribution in [2.24, 2.45) is 0 Å². The summed E-state index contributed by atoms with van der Waals surface area (Å²) in [4.78, 5) is 56.6. The van der Waals surface area contributed by atoms with E-state index in [0.29, 0.717) is 0 Å². The van der Waals surface area contributed by atoms with Gasteiger partial charge in [0.15, 0.2) is 22.6 Å². The molecule has 0 aliphatic heterocycles. The van der Waals surface area contributed by atoms with E-state index >= 15 is 0 Å². The second-order valence-corrected chi connectivity index (χ2v) is 38.8. The second-order valence-electron chi connectivity index (χ2n) is 38.8. The Hall–Kier alpha value is -18.3. The number of aromatic nitrogens is 16. The van der Waals surface area contributed by atoms with Crippen LogP contribution in [-0.4, -0.2) is 77.4 Å². The van der Waals surface area contributed by atoms with Crippen LogP contribution < -0.4 is 0 Å². The van der Waals surface area contributed by atoms with Gasteiger partial charge in [-0.3, -0.25) is 37.5 Å². The molecule has 140 heavy (non-hydrogen) atoms. The van der Waals surface area contributed by atoms with Crippen LogP contribution >= 0.6 is 0 Å². The Morgan fingerprint density at radius 2 is 0.436 bits per heavy atom. The summed E-state index contributed by atoms with van der Waals surface area (Å²) < 4.78 is 8.68. The van der Waals surface area contributed by atoms with Gasteiger partial charge in [-0.05, 0) is 384 Å². The van der Waals surface area contributed by atoms with Gasteiger partial charge in [-0.25, -0.2) is 39.9 Å². The number of nitrogens with zero attached hydrogens (tertiary/aromatic N) is 16. The molecule has 0 fully saturated rings. The lowest BCUT2D eigenvalue weighted by Gasteiger charge is -2.12. The molecule has 0 bridgehead atoms. The molecule has 36 rings (SSSR count). The minimum Gasteiger partial charge on any atom is -0.274 e. The maximum absolute atomic E-state index is 5.05. The Morgan fingerprint density at radius 1 is 0.164 bits per heavy atom. The Kier molecular flexibility index (Phi) is 14.9. The molecule has 8 aliphatic carbocycles. The van der Waals surface area contributed by atoms with Gasteiger partial charge in [0, 0.05) is 92.7 Å². The average molecular weight is 1790 g/mol. The second kappa shape index (κ2) is 27.7. The van der Waals surface area contributed by atoms with Crippen LogP contribution in [0.2, 0.25) is 0 Å². The summed E-state index contributed by atoms with van der Waals surface area (Å²) in [6.45, 7) is 0. The standard InChI is InChI=1S/4C31H18N4/c1-2-5-20-17(4-1)13-25-21(20)8-7-18-12-19-14-24-22-9-11-32-16-28(22)35-30(26(24)15-23(19)29(18)25)34-27-6-3-10-33-31(27)35;1-2-5-19-17(4-1)12-24-20(19)7-8-21-23-15-27-26(14-18(23)13-25(21)24)22-9-11-32-16-29(22)35-30(27)34-28-6-3-10-33-31(28)35;1-2-5-20-17(4-1)12-18-7-8-21-23-15-26-24(13-19(23)14-25(21)29(18)20)22-9-11-32-16-28(22)35-30(26)34-27-6-3-10-33-31(27)35;1-2-5-21-17(4-1)10-18-13-24-19(12-23(18)21)11-20-14-26-22-7-9-32-16-29(22)35-30(27(26)15-25(20)24)34-28-6-3-8-33-31(28)35/h2*1-11,14-16H,12-13H2;1-11,13,15-16H,12,14H2;1-9,12-16H,10-11H2. The summed E-state index contributed by atoms with van der Waals surface area (Å²) in [5.74, 6) is 0. The summed E-state index contributed by atoms with van der Waals surface area (Å²) in [5, 5.41) is 14.3. The van der Waals surface area contributed by atoms with Crippen molar-refractivity contribution in [3.63, 3.8) is 0 Å². The van der Waals surface area contributed by atoms with Gasteiger partial charge in [0.25, 0.3) is 0 Å². The normalized spacial score (nSPS) is 13.5. The maximum Gasteiger partial charge on any atom is 0.165 e. The smallest absolute Gasteiger partial charge is 0.165 e. The molecule has 0 saturated carbocycles. The summed E-state index contributed by atoms with van der Waals surface area (Å²) in [6.07, 6.45) is 30.5. The number of rotatable bonds is 0. The Morgan fingerprint density at radius 3 is 0.871 bits per heavy atom. The van der Waals surface area contributed by atoms with Gasteiger partial charge in [0.05, 0.1) is 46.9 Å². The highest BCUT2D eigenvalue weighted by molar-refractivity contribution is 6.20. The summed E-state index contributed by atoms with van der Waals surface area (Å²) in [6, 6.07) is 97.7. The van der Waals surface area contributed by atoms with Crippen LogP contribution in [0.25, 0.3) is 243 Å². The zero-order valence-electron chi connectivity index (χ0n) is 75.1. The Bertz CT molecular complexity index is 10600. The summed E-state index contributed by atoms with van der Waals surface area (Å²) in [7, 11) is 0. The lowest BCUT2D eigenvalue weighted by Crippen LogP contribution is -1.94. The third kappa shape index (κ3) is 10.3. The molecule has 0 N–H and O–H groups in total. The molecule has 0 radical (unpaired) electrons. The van der Waals surface area contributed by atoms with Crippen LogP contribution in [0, 0.1) is 0 Å². The molecule has 0 atom stereocenters. The quantitative estimate of drug-likeness (QED) is 0.132. The summed E-state index contributed by atoms with van der Waals surface area (Å²) >= 11 is 0. The van der Waals surface area contributed by atoms with Gasteiger partial charge in [-0.1, -0.05) is 133 Å². The van der Waals surface area contributed by atoms with Crippen LogP contribution in [0.3, 0.4) is 0 Å². The molecule has 16 heteroatoms. The van der Waals surface area contributed by atoms with Crippen molar-refractivity contribution in [1.29, 1.82) is 0 Å². The van der Waals surface area contributed by atoms with E-state index in [-0.39, 0.29) is 0 Å². The van der Waals surface area contributed by atoms with Crippen LogP contribution in [-0.2, 0) is 51.4 Å². The first kappa shape index (κ1) is 75.1. The minimum absolute atomic E-state index is 0.873. The van der Waals surface area contributed by atoms with Gasteiger partial charge in [0.1, 0.15) is 44.7 Å². The summed E-state index contributed by atoms with van der Waals surface area (Å²) in [5.41, 5.74) is 60.1. The van der Waals surface area contributed by atoms with Gasteiger partial charge in [-0.15, -0.1) is 0 Å². The Balaban J connectivity index is 0.0000000829. The third-order valence-corrected chi connectivity index (χ3v) is 31.8. The van der Waals surface area contributed by atoms with Crippen molar-refractivity contribution in [3.8, 4) is 89.0 Å². The predicted molar refractivity (Wildman–Crippen MR) is 559 cm³/mol. The molecular formula is C124H72N16. The van der Waals surface area contributed by atoms with Crippen molar-refractivity contribution in [2.45, 2.75) is 51.4 Å². The molecule has 16 heterocycles. The van der Waals surface area contributed by atoms with Gasteiger partial charge in [-0.2, -0.15) is 0 Å². The maximum atomic E-state index is 5.05. The number of hydrogen-bond acceptors (Lipinski definition) is 12. The number of pyridine rings is 12. The van der Waals surface area contributed by atoms with Gasteiger partial charge < -0.3 is 0 Å². The monoisotopic (exact) mass is 1780 g/mol. The van der Waals surface area contributed by atoms with E-state index in [1.165, 1.54) is 227 Å². The Labute approximate surface area is 796 Å². The molecule has 8 aliphatic rings. The van der Waals surface area contributed by atoms with E-state index in [4.69, 9.17) is 19.9 Å². The molecule has 16 aromatic heterocycles. The van der Waals surface area contributed by atoms with Crippen molar-refractivity contribution in [2.75, 3.05) is 0 Å². The average Bonchev–Trinajstić information content (AvgIpc) is 1.55. The molecule has 648 valence electrons. The van der Waals surface area contributed by atoms with E-state index in [0.717, 1.165) is 157 Å². The number of hydrogen-bond donors (Lipinski definition) is 0. The minimum atomic E-state index is 0.873. The van der Waals surface area contributed by atoms with Gasteiger partial charge >= 0.3 is 0 Å². The first-order chi connectivity index (χ1) is 69.4. The van der Waals surface area contributed by atoms with Crippen molar-refractivity contribution >= 4 is 154 Å². The van der Waals surface area contributed by atoms with E-state index in [1.807, 2.05) is 123 Å². The topological polar surface area (TPSA) is 172 Å². The van der Waals surface area contributed by atoms with Crippen molar-refractivity contribution in [1.82, 2.24) is 77.4 Å². The van der Waals surface area contributed by atoms with Crippen molar-refractivity contribution < 1.29 is 0 Å². The highest BCUT2D eigenvalue weighted by atomic mass is 15.1. The highest BCUT2D eigenvalue weighted by Gasteiger charge is 2.36. The lowest BCUT2D eigenvalue weighted by atomic mass is 9.94. The fraction of sp³-hybridized carbons (Fsp3) is 0.0645. The fourth-order valence-corrected chi connectivity index (χ4v) is 25.9. The van der Waals surface area contributed by atoms with Crippen LogP contribution in [0.15, 0.2) is 341 Å². The molecule has 12 aromatic carbocycles. The molecule has 0 unspecified atom stereocenters. The predicted octanol–water partition coefficient (Wildman–Crippen LogP) is 26.9. The van der Waals surface area contributed by atoms with E-state index in [9.17, 15) is 0 Å². The first-order valence-electron chi connectivity index (χ1n) is 48.2. The van der Waals surface area contributed by atoms with Gasteiger partial charge in [0.2, 0.25) is 0 Å². The van der Waals surface area contributed by atoms with Crippen LogP contribution in [0.5, 0.6) is 0 Å².